The van der Waals surface area contributed by atoms with E-state index in [4.69, 9.17) is 29.0 Å². The highest BCUT2D eigenvalue weighted by Crippen LogP contribution is 2.60. The Morgan fingerprint density at radius 2 is 1.25 bits per heavy atom. The van der Waals surface area contributed by atoms with Gasteiger partial charge in [0.1, 0.15) is 30.7 Å². The fourth-order valence-electron chi connectivity index (χ4n) is 6.45. The molecule has 7 atom stereocenters. The second-order valence-corrected chi connectivity index (χ2v) is 19.2. The van der Waals surface area contributed by atoms with E-state index in [1.165, 1.54) is 51.0 Å². The quantitative estimate of drug-likeness (QED) is 0.0274. The molecule has 1 saturated heterocycles. The third-order valence-electron chi connectivity index (χ3n) is 9.80. The van der Waals surface area contributed by atoms with Crippen LogP contribution in [0.2, 0.25) is 0 Å². The molecule has 1 aromatic rings. The molecule has 1 fully saturated rings. The number of hydrogen-bond donors (Lipinski definition) is 5. The summed E-state index contributed by atoms with van der Waals surface area (Å²) in [7, 11) is -10.8. The summed E-state index contributed by atoms with van der Waals surface area (Å²) in [5.74, 6) is 0.111. The molecule has 0 saturated carbocycles. The Morgan fingerprint density at radius 1 is 0.763 bits per heavy atom. The van der Waals surface area contributed by atoms with Crippen molar-refractivity contribution in [3.8, 4) is 0 Å². The minimum Gasteiger partial charge on any atom is -0.462 e. The Hall–Kier alpha value is -2.24. The van der Waals surface area contributed by atoms with E-state index in [1.807, 2.05) is 0 Å². The molecular weight excluding hydrogens is 812 g/mol. The molecule has 18 nitrogen and oxygen atoms in total. The largest absolute Gasteiger partial charge is 0.481 e. The van der Waals surface area contributed by atoms with Gasteiger partial charge in [-0.1, -0.05) is 124 Å². The van der Waals surface area contributed by atoms with Crippen LogP contribution in [0.15, 0.2) is 17.1 Å². The number of rotatable bonds is 33. The van der Waals surface area contributed by atoms with E-state index in [9.17, 15) is 43.5 Å². The number of unbranched alkanes of at least 4 members (excludes halogenated alkanes) is 13. The van der Waals surface area contributed by atoms with Crippen molar-refractivity contribution in [2.45, 2.75) is 180 Å². The van der Waals surface area contributed by atoms with Gasteiger partial charge in [-0.05, 0) is 30.7 Å². The van der Waals surface area contributed by atoms with Gasteiger partial charge in [0.25, 0.3) is 0 Å². The van der Waals surface area contributed by atoms with Crippen molar-refractivity contribution in [1.29, 1.82) is 0 Å². The van der Waals surface area contributed by atoms with Crippen molar-refractivity contribution >= 4 is 33.4 Å². The molecule has 0 radical (unpaired) electrons. The number of ether oxygens (including phenoxy) is 3. The smallest absolute Gasteiger partial charge is 0.462 e. The molecule has 342 valence electrons. The minimum atomic E-state index is -5.41. The van der Waals surface area contributed by atoms with Crippen molar-refractivity contribution in [2.75, 3.05) is 25.6 Å². The first kappa shape index (κ1) is 52.9. The van der Waals surface area contributed by atoms with Gasteiger partial charge < -0.3 is 39.9 Å². The number of carbonyl (C=O) groups is 2. The number of hydrogen-bond acceptors (Lipinski definition) is 15. The predicted molar refractivity (Wildman–Crippen MR) is 220 cm³/mol. The number of nitrogens with zero attached hydrogens (tertiary/aromatic N) is 2. The molecule has 0 aliphatic carbocycles. The highest BCUT2D eigenvalue weighted by Gasteiger charge is 2.46. The summed E-state index contributed by atoms with van der Waals surface area (Å²) in [4.78, 5) is 61.4. The third-order valence-corrected chi connectivity index (χ3v) is 12.4. The molecule has 2 heterocycles. The first-order chi connectivity index (χ1) is 27.9. The first-order valence-electron chi connectivity index (χ1n) is 21.3. The van der Waals surface area contributed by atoms with E-state index in [2.05, 4.69) is 37.0 Å². The average Bonchev–Trinajstić information content (AvgIpc) is 3.43. The Kier molecular flexibility index (Phi) is 25.4. The van der Waals surface area contributed by atoms with Crippen molar-refractivity contribution in [1.82, 2.24) is 9.55 Å². The molecule has 2 rings (SSSR count). The zero-order valence-corrected chi connectivity index (χ0v) is 37.2. The SMILES string of the molecule is CC(C)CCCCCCCCCCCC(=O)O[C@H](COC(=O)CCCCCCCCC(C)C)COP(=O)(O)OP(=O)(O)OC[C@H]1O[C@@H](n2ccc(N)nc2=O)C(O)[C@H]1O. The first-order valence-corrected chi connectivity index (χ1v) is 24.3. The number of anilines is 1. The summed E-state index contributed by atoms with van der Waals surface area (Å²) < 4.78 is 56.4. The molecule has 0 aromatic carbocycles. The Morgan fingerprint density at radius 3 is 1.78 bits per heavy atom. The number of aliphatic hydroxyl groups excluding tert-OH is 2. The lowest BCUT2D eigenvalue weighted by Crippen LogP contribution is -2.36. The number of phosphoric acid groups is 2. The van der Waals surface area contributed by atoms with Crippen LogP contribution >= 0.6 is 15.6 Å². The summed E-state index contributed by atoms with van der Waals surface area (Å²) in [6.07, 6.45) is 11.3. The number of aromatic nitrogens is 2. The number of nitrogens with two attached hydrogens (primary N) is 1. The molecule has 6 N–H and O–H groups in total. The van der Waals surface area contributed by atoms with Gasteiger partial charge in [-0.2, -0.15) is 9.29 Å². The lowest BCUT2D eigenvalue weighted by Gasteiger charge is -2.21. The van der Waals surface area contributed by atoms with Crippen LogP contribution in [-0.2, 0) is 46.3 Å². The van der Waals surface area contributed by atoms with Crippen LogP contribution in [0.5, 0.6) is 0 Å². The van der Waals surface area contributed by atoms with Gasteiger partial charge in [-0.3, -0.25) is 23.2 Å². The second kappa shape index (κ2) is 28.4. The molecule has 0 amide bonds. The summed E-state index contributed by atoms with van der Waals surface area (Å²) in [6, 6.07) is 1.25. The Bertz CT molecular complexity index is 1510. The fourth-order valence-corrected chi connectivity index (χ4v) is 8.56. The standard InChI is InChI=1S/C39H71N3O15P2/c1-29(2)20-16-12-8-6-5-7-9-15-19-23-35(44)55-31(26-52-34(43)22-18-14-11-10-13-17-21-30(3)4)27-53-58(48,49)57-59(50,51)54-28-32-36(45)37(46)38(56-32)42-25-24-33(40)41-39(42)47/h24-25,29-32,36-38,45-46H,5-23,26-28H2,1-4H3,(H,48,49)(H,50,51)(H2,40,41,47)/t31-,32-,36+,37?,38-/m1/s1. The predicted octanol–water partition coefficient (Wildman–Crippen LogP) is 6.87. The van der Waals surface area contributed by atoms with Gasteiger partial charge in [-0.15, -0.1) is 0 Å². The molecule has 20 heteroatoms. The lowest BCUT2D eigenvalue weighted by molar-refractivity contribution is -0.161. The third kappa shape index (κ3) is 23.5. The topological polar surface area (TPSA) is 265 Å². The van der Waals surface area contributed by atoms with Gasteiger partial charge in [0.15, 0.2) is 12.3 Å². The molecule has 3 unspecified atom stereocenters. The average molecular weight is 884 g/mol. The van der Waals surface area contributed by atoms with Crippen LogP contribution in [-0.4, -0.2) is 85.7 Å². The van der Waals surface area contributed by atoms with Gasteiger partial charge in [0, 0.05) is 19.0 Å². The molecule has 0 spiro atoms. The maximum absolute atomic E-state index is 12.7. The van der Waals surface area contributed by atoms with Gasteiger partial charge in [0.05, 0.1) is 13.2 Å². The van der Waals surface area contributed by atoms with Crippen molar-refractivity contribution in [2.24, 2.45) is 11.8 Å². The normalized spacial score (nSPS) is 20.7. The van der Waals surface area contributed by atoms with Crippen LogP contribution in [0.25, 0.3) is 0 Å². The highest BCUT2D eigenvalue weighted by atomic mass is 31.3. The number of nitrogen functional groups attached to an aromatic ring is 1. The van der Waals surface area contributed by atoms with Gasteiger partial charge in [-0.25, -0.2) is 13.9 Å². The number of phosphoric ester groups is 2. The van der Waals surface area contributed by atoms with E-state index in [0.717, 1.165) is 68.0 Å². The highest BCUT2D eigenvalue weighted by molar-refractivity contribution is 7.61. The van der Waals surface area contributed by atoms with E-state index in [-0.39, 0.29) is 18.7 Å². The van der Waals surface area contributed by atoms with Gasteiger partial charge in [0.2, 0.25) is 0 Å². The Labute approximate surface area is 349 Å². The second-order valence-electron chi connectivity index (χ2n) is 16.2. The zero-order chi connectivity index (χ0) is 43.8. The van der Waals surface area contributed by atoms with Crippen LogP contribution in [0, 0.1) is 11.8 Å². The van der Waals surface area contributed by atoms with Crippen molar-refractivity contribution in [3.05, 3.63) is 22.7 Å². The summed E-state index contributed by atoms with van der Waals surface area (Å²) in [5, 5.41) is 20.8. The number of carbonyl (C=O) groups excluding carboxylic acids is 2. The fraction of sp³-hybridized carbons (Fsp3) is 0.846. The maximum atomic E-state index is 12.7. The summed E-state index contributed by atoms with van der Waals surface area (Å²) in [5.41, 5.74) is 4.57. The van der Waals surface area contributed by atoms with Crippen LogP contribution in [0.3, 0.4) is 0 Å². The number of aliphatic hydroxyl groups is 2. The van der Waals surface area contributed by atoms with E-state index >= 15 is 0 Å². The lowest BCUT2D eigenvalue weighted by atomic mass is 10.0. The molecule has 1 aliphatic rings. The van der Waals surface area contributed by atoms with Crippen molar-refractivity contribution in [3.63, 3.8) is 0 Å². The molecule has 1 aromatic heterocycles. The maximum Gasteiger partial charge on any atom is 0.481 e. The van der Waals surface area contributed by atoms with Crippen LogP contribution in [0.4, 0.5) is 5.82 Å². The van der Waals surface area contributed by atoms with Crippen LogP contribution < -0.4 is 11.4 Å². The molecular formula is C39H71N3O15P2. The molecule has 1 aliphatic heterocycles. The van der Waals surface area contributed by atoms with E-state index in [1.54, 1.807) is 0 Å². The van der Waals surface area contributed by atoms with Crippen molar-refractivity contribution < 1.29 is 66.3 Å². The number of esters is 2. The summed E-state index contributed by atoms with van der Waals surface area (Å²) >= 11 is 0. The molecule has 59 heavy (non-hydrogen) atoms. The van der Waals surface area contributed by atoms with E-state index < -0.39 is 83.7 Å². The minimum absolute atomic E-state index is 0.0535. The van der Waals surface area contributed by atoms with Crippen LogP contribution in [0.1, 0.15) is 156 Å². The zero-order valence-electron chi connectivity index (χ0n) is 35.4. The molecule has 0 bridgehead atoms. The summed E-state index contributed by atoms with van der Waals surface area (Å²) in [6.45, 7) is 6.58. The monoisotopic (exact) mass is 883 g/mol. The van der Waals surface area contributed by atoms with E-state index in [0.29, 0.717) is 18.8 Å². The van der Waals surface area contributed by atoms with Gasteiger partial charge >= 0.3 is 33.3 Å². The Balaban J connectivity index is 1.86.